The second-order valence-corrected chi connectivity index (χ2v) is 14.8. The van der Waals surface area contributed by atoms with E-state index in [0.29, 0.717) is 37.5 Å². The zero-order valence-corrected chi connectivity index (χ0v) is 31.1. The van der Waals surface area contributed by atoms with E-state index in [0.717, 1.165) is 91.6 Å². The van der Waals surface area contributed by atoms with Crippen LogP contribution in [0.3, 0.4) is 0 Å². The van der Waals surface area contributed by atoms with Crippen molar-refractivity contribution in [2.45, 2.75) is 76.2 Å². The van der Waals surface area contributed by atoms with Gasteiger partial charge in [-0.3, -0.25) is 9.59 Å². The van der Waals surface area contributed by atoms with E-state index in [1.165, 1.54) is 6.07 Å². The molecular formula is C40H53BrN4O6. The number of rotatable bonds is 16. The van der Waals surface area contributed by atoms with E-state index < -0.39 is 11.7 Å². The summed E-state index contributed by atoms with van der Waals surface area (Å²) in [5.41, 5.74) is 3.60. The quantitative estimate of drug-likeness (QED) is 0.0747. The number of benzene rings is 3. The van der Waals surface area contributed by atoms with Crippen molar-refractivity contribution in [3.63, 3.8) is 0 Å². The predicted octanol–water partition coefficient (Wildman–Crippen LogP) is 2.13. The second kappa shape index (κ2) is 17.5. The smallest absolute Gasteiger partial charge is 0.230 e. The first-order chi connectivity index (χ1) is 24.2. The summed E-state index contributed by atoms with van der Waals surface area (Å²) in [6.07, 6.45) is 6.78. The minimum Gasteiger partial charge on any atom is -1.00 e. The first kappa shape index (κ1) is 38.9. The van der Waals surface area contributed by atoms with Crippen molar-refractivity contribution < 1.29 is 51.1 Å². The second-order valence-electron chi connectivity index (χ2n) is 14.8. The van der Waals surface area contributed by atoms with Gasteiger partial charge in [0.05, 0.1) is 44.5 Å². The minimum absolute atomic E-state index is 0. The van der Waals surface area contributed by atoms with E-state index in [-0.39, 0.29) is 52.9 Å². The Bertz CT molecular complexity index is 1610. The lowest BCUT2D eigenvalue weighted by molar-refractivity contribution is -0.946. The van der Waals surface area contributed by atoms with Gasteiger partial charge in [-0.15, -0.1) is 0 Å². The third-order valence-electron chi connectivity index (χ3n) is 11.5. The average Bonchev–Trinajstić information content (AvgIpc) is 3.69. The fraction of sp³-hybridized carbons (Fsp3) is 0.500. The molecule has 1 saturated carbocycles. The van der Waals surface area contributed by atoms with Crippen LogP contribution in [0.25, 0.3) is 0 Å². The summed E-state index contributed by atoms with van der Waals surface area (Å²) in [6.45, 7) is 6.93. The van der Waals surface area contributed by atoms with Gasteiger partial charge < -0.3 is 57.5 Å². The molecule has 2 amide bonds. The number of hydrogen-bond donors (Lipinski definition) is 6. The van der Waals surface area contributed by atoms with Crippen molar-refractivity contribution in [3.05, 3.63) is 89.0 Å². The van der Waals surface area contributed by atoms with E-state index in [9.17, 15) is 24.9 Å². The third-order valence-corrected chi connectivity index (χ3v) is 11.5. The molecule has 6 N–H and O–H groups in total. The molecule has 3 saturated heterocycles. The zero-order chi connectivity index (χ0) is 35.1. The number of quaternary nitrogens is 1. The first-order valence-corrected chi connectivity index (χ1v) is 18.2. The van der Waals surface area contributed by atoms with Gasteiger partial charge in [-0.2, -0.15) is 0 Å². The van der Waals surface area contributed by atoms with Crippen molar-refractivity contribution in [2.24, 2.45) is 11.8 Å². The van der Waals surface area contributed by atoms with Gasteiger partial charge in [0.25, 0.3) is 0 Å². The highest BCUT2D eigenvalue weighted by Crippen LogP contribution is 2.43. The molecule has 7 rings (SSSR count). The molecule has 0 spiro atoms. The zero-order valence-electron chi connectivity index (χ0n) is 29.5. The molecule has 0 aromatic heterocycles. The van der Waals surface area contributed by atoms with Crippen LogP contribution in [-0.4, -0.2) is 77.6 Å². The maximum Gasteiger partial charge on any atom is 0.230 e. The number of nitrogens with one attached hydrogen (secondary N) is 3. The molecule has 3 aromatic carbocycles. The molecule has 4 fully saturated rings. The van der Waals surface area contributed by atoms with Crippen LogP contribution >= 0.6 is 0 Å². The fourth-order valence-corrected chi connectivity index (χ4v) is 8.46. The number of phenols is 1. The monoisotopic (exact) mass is 764 g/mol. The summed E-state index contributed by atoms with van der Waals surface area (Å²) in [5.74, 6) is 0.679. The van der Waals surface area contributed by atoms with Gasteiger partial charge in [0.1, 0.15) is 24.0 Å². The Morgan fingerprint density at radius 3 is 2.47 bits per heavy atom. The van der Waals surface area contributed by atoms with Crippen molar-refractivity contribution in [1.29, 1.82) is 0 Å². The van der Waals surface area contributed by atoms with E-state index in [2.05, 4.69) is 16.0 Å². The first-order valence-electron chi connectivity index (χ1n) is 18.2. The van der Waals surface area contributed by atoms with Crippen molar-refractivity contribution >= 4 is 23.7 Å². The van der Waals surface area contributed by atoms with E-state index in [1.807, 2.05) is 55.5 Å². The number of ether oxygens (including phenoxy) is 1. The number of amides is 2. The molecule has 51 heavy (non-hydrogen) atoms. The Balaban J connectivity index is 0.00000504. The molecule has 10 nitrogen and oxygen atoms in total. The number of hydrogen-bond acceptors (Lipinski definition) is 7. The number of phenolic OH excluding ortho intramolecular Hbond substituents is 1. The number of carbonyl (C=O) groups is 2. The minimum atomic E-state index is -0.965. The highest BCUT2D eigenvalue weighted by molar-refractivity contribution is 5.91. The van der Waals surface area contributed by atoms with Crippen molar-refractivity contribution in [2.75, 3.05) is 50.0 Å². The average molecular weight is 766 g/mol. The number of carbonyl (C=O) groups excluding carboxylic acids is 2. The van der Waals surface area contributed by atoms with E-state index in [1.54, 1.807) is 12.1 Å². The Hall–Kier alpha value is -3.32. The summed E-state index contributed by atoms with van der Waals surface area (Å²) < 4.78 is 7.58. The van der Waals surface area contributed by atoms with Gasteiger partial charge in [0.2, 0.25) is 12.3 Å². The van der Waals surface area contributed by atoms with Gasteiger partial charge in [0.15, 0.2) is 0 Å². The Kier molecular flexibility index (Phi) is 13.3. The lowest BCUT2D eigenvalue weighted by Crippen LogP contribution is -3.00. The van der Waals surface area contributed by atoms with Gasteiger partial charge in [-0.05, 0) is 66.1 Å². The van der Waals surface area contributed by atoms with Crippen molar-refractivity contribution in [1.82, 2.24) is 5.32 Å². The summed E-state index contributed by atoms with van der Waals surface area (Å²) in [7, 11) is 0. The van der Waals surface area contributed by atoms with Crippen LogP contribution in [0.4, 0.5) is 11.4 Å². The van der Waals surface area contributed by atoms with Crippen LogP contribution in [0.2, 0.25) is 0 Å². The molecule has 276 valence electrons. The maximum atomic E-state index is 13.2. The molecule has 1 aliphatic carbocycles. The van der Waals surface area contributed by atoms with Crippen LogP contribution in [0.15, 0.2) is 66.7 Å². The van der Waals surface area contributed by atoms with Gasteiger partial charge in [0, 0.05) is 37.5 Å². The normalized spacial score (nSPS) is 23.2. The maximum absolute atomic E-state index is 13.2. The summed E-state index contributed by atoms with van der Waals surface area (Å²) >= 11 is 0. The molecule has 11 heteroatoms. The highest BCUT2D eigenvalue weighted by atomic mass is 79.9. The Morgan fingerprint density at radius 1 is 1.02 bits per heavy atom. The Morgan fingerprint density at radius 2 is 1.76 bits per heavy atom. The molecule has 3 atom stereocenters. The molecular weight excluding hydrogens is 712 g/mol. The van der Waals surface area contributed by atoms with Crippen LogP contribution in [0.1, 0.15) is 73.3 Å². The lowest BCUT2D eigenvalue weighted by atomic mass is 9.80. The molecule has 4 aliphatic rings. The highest BCUT2D eigenvalue weighted by Gasteiger charge is 2.48. The van der Waals surface area contributed by atoms with Crippen LogP contribution in [0.5, 0.6) is 5.75 Å². The molecule has 3 aliphatic heterocycles. The van der Waals surface area contributed by atoms with Gasteiger partial charge in [-0.25, -0.2) is 0 Å². The third kappa shape index (κ3) is 9.38. The Labute approximate surface area is 312 Å². The van der Waals surface area contributed by atoms with Crippen LogP contribution in [0, 0.1) is 18.8 Å². The predicted molar refractivity (Wildman–Crippen MR) is 193 cm³/mol. The topological polar surface area (TPSA) is 140 Å². The number of halogens is 1. The van der Waals surface area contributed by atoms with Gasteiger partial charge in [-0.1, -0.05) is 61.4 Å². The number of aryl methyl sites for hydroxylation is 1. The van der Waals surface area contributed by atoms with E-state index in [4.69, 9.17) is 4.74 Å². The number of aliphatic hydroxyl groups excluding tert-OH is 1. The fourth-order valence-electron chi connectivity index (χ4n) is 8.46. The number of nitrogens with zero attached hydrogens (tertiary/aromatic N) is 1. The summed E-state index contributed by atoms with van der Waals surface area (Å²) in [4.78, 5) is 24.0. The largest absolute Gasteiger partial charge is 1.00 e. The summed E-state index contributed by atoms with van der Waals surface area (Å²) in [5, 5.41) is 41.3. The number of aromatic hydroxyl groups is 1. The SMILES string of the molecule is Cc1cc(CNC[C@H](O)c2ccc(O)c(NC=O)c2)ccc1NC(=O)CC[N+]12CCC(CC1)[C@@H](OC[C@@](O)(c1ccccc1)C1CCCC1)C2.[Br-]. The van der Waals surface area contributed by atoms with Crippen LogP contribution in [-0.2, 0) is 26.5 Å². The number of fused-ring (bicyclic) bond motifs is 3. The standard InChI is InChI=1S/C40H52N4O6.BrH/c1-28-21-29(23-41-24-37(47)31-12-14-36(46)35(22-31)42-27-45)11-13-34(28)43-39(48)17-20-44-18-15-30(16-19-44)38(25-44)50-26-40(49,33-9-5-6-10-33)32-7-3-2-4-8-32;/h2-4,7-8,11-14,21-22,27,30,33,37-38,41,47,49H,5-6,9-10,15-20,23-26H2,1H3,(H2-,42,43,45,46,48);1H/t30?,37-,38-,40+,44?;/m0./s1. The molecule has 2 bridgehead atoms. The molecule has 3 heterocycles. The van der Waals surface area contributed by atoms with E-state index >= 15 is 0 Å². The van der Waals surface area contributed by atoms with Gasteiger partial charge >= 0.3 is 0 Å². The summed E-state index contributed by atoms with van der Waals surface area (Å²) in [6, 6.07) is 20.6. The lowest BCUT2D eigenvalue weighted by Gasteiger charge is -2.52. The molecule has 0 radical (unpaired) electrons. The molecule has 0 unspecified atom stereocenters. The van der Waals surface area contributed by atoms with Crippen molar-refractivity contribution in [3.8, 4) is 5.75 Å². The number of piperidine rings is 3. The molecule has 3 aromatic rings. The van der Waals surface area contributed by atoms with Crippen LogP contribution < -0.4 is 32.9 Å². The number of anilines is 2. The number of aliphatic hydroxyl groups is 2.